The molecule has 7 nitrogen and oxygen atoms in total. The number of anilines is 1. The molecule has 2 rings (SSSR count). The van der Waals surface area contributed by atoms with Crippen molar-refractivity contribution in [1.82, 2.24) is 14.7 Å². The first-order valence-electron chi connectivity index (χ1n) is 7.16. The standard InChI is InChI=1S/C16H19ClN4O3/c1-9-13(14(19-21(9)4)16(23)20(2)3)18-15(22)11-8-10(17)6-7-12(11)24-5/h6-8H,1-5H3,(H,18,22). The van der Waals surface area contributed by atoms with Crippen LogP contribution in [0.2, 0.25) is 5.02 Å². The van der Waals surface area contributed by atoms with Gasteiger partial charge in [0.1, 0.15) is 5.75 Å². The Kier molecular flexibility index (Phi) is 5.14. The highest BCUT2D eigenvalue weighted by atomic mass is 35.5. The molecule has 0 spiro atoms. The van der Waals surface area contributed by atoms with Crippen molar-refractivity contribution >= 4 is 29.1 Å². The van der Waals surface area contributed by atoms with E-state index in [1.54, 1.807) is 44.9 Å². The fourth-order valence-corrected chi connectivity index (χ4v) is 2.33. The molecule has 0 bridgehead atoms. The van der Waals surface area contributed by atoms with E-state index < -0.39 is 5.91 Å². The van der Waals surface area contributed by atoms with Gasteiger partial charge < -0.3 is 15.0 Å². The lowest BCUT2D eigenvalue weighted by atomic mass is 10.1. The predicted molar refractivity (Wildman–Crippen MR) is 91.9 cm³/mol. The second-order valence-corrected chi connectivity index (χ2v) is 5.87. The van der Waals surface area contributed by atoms with Crippen LogP contribution in [-0.4, -0.2) is 47.7 Å². The molecule has 1 aromatic carbocycles. The highest BCUT2D eigenvalue weighted by Gasteiger charge is 2.24. The number of nitrogens with one attached hydrogen (secondary N) is 1. The van der Waals surface area contributed by atoms with Crippen LogP contribution in [0.15, 0.2) is 18.2 Å². The average Bonchev–Trinajstić information content (AvgIpc) is 2.82. The van der Waals surface area contributed by atoms with Crippen LogP contribution < -0.4 is 10.1 Å². The molecular weight excluding hydrogens is 332 g/mol. The molecule has 8 heteroatoms. The van der Waals surface area contributed by atoms with Crippen LogP contribution in [0.5, 0.6) is 5.75 Å². The van der Waals surface area contributed by atoms with Crippen LogP contribution in [0.4, 0.5) is 5.69 Å². The third kappa shape index (κ3) is 3.35. The minimum absolute atomic E-state index is 0.175. The maximum absolute atomic E-state index is 12.6. The van der Waals surface area contributed by atoms with Crippen LogP contribution in [0, 0.1) is 6.92 Å². The topological polar surface area (TPSA) is 76.5 Å². The Labute approximate surface area is 145 Å². The number of benzene rings is 1. The first kappa shape index (κ1) is 17.8. The highest BCUT2D eigenvalue weighted by Crippen LogP contribution is 2.26. The minimum atomic E-state index is -0.432. The smallest absolute Gasteiger partial charge is 0.276 e. The molecule has 0 fully saturated rings. The van der Waals surface area contributed by atoms with Gasteiger partial charge in [-0.2, -0.15) is 5.10 Å². The monoisotopic (exact) mass is 350 g/mol. The Morgan fingerprint density at radius 1 is 1.33 bits per heavy atom. The lowest BCUT2D eigenvalue weighted by molar-refractivity contribution is 0.0822. The number of hydrogen-bond acceptors (Lipinski definition) is 4. The van der Waals surface area contributed by atoms with E-state index in [9.17, 15) is 9.59 Å². The quantitative estimate of drug-likeness (QED) is 0.918. The summed E-state index contributed by atoms with van der Waals surface area (Å²) in [6.45, 7) is 1.77. The number of methoxy groups -OCH3 is 1. The van der Waals surface area contributed by atoms with E-state index >= 15 is 0 Å². The van der Waals surface area contributed by atoms with Gasteiger partial charge in [0.25, 0.3) is 11.8 Å². The summed E-state index contributed by atoms with van der Waals surface area (Å²) < 4.78 is 6.74. The minimum Gasteiger partial charge on any atom is -0.496 e. The Hall–Kier alpha value is -2.54. The van der Waals surface area contributed by atoms with E-state index in [1.807, 2.05) is 0 Å². The number of amides is 2. The predicted octanol–water partition coefficient (Wildman–Crippen LogP) is 2.34. The summed E-state index contributed by atoms with van der Waals surface area (Å²) in [4.78, 5) is 26.3. The molecule has 24 heavy (non-hydrogen) atoms. The summed E-state index contributed by atoms with van der Waals surface area (Å²) in [5.41, 5.74) is 1.48. The Morgan fingerprint density at radius 3 is 2.58 bits per heavy atom. The molecule has 1 aromatic heterocycles. The van der Waals surface area contributed by atoms with Crippen LogP contribution in [0.1, 0.15) is 26.5 Å². The van der Waals surface area contributed by atoms with Gasteiger partial charge in [0, 0.05) is 26.2 Å². The number of aryl methyl sites for hydroxylation is 1. The van der Waals surface area contributed by atoms with Crippen molar-refractivity contribution in [3.63, 3.8) is 0 Å². The third-order valence-corrected chi connectivity index (χ3v) is 3.82. The van der Waals surface area contributed by atoms with Gasteiger partial charge in [0.2, 0.25) is 0 Å². The molecule has 0 aliphatic rings. The van der Waals surface area contributed by atoms with Crippen molar-refractivity contribution in [3.8, 4) is 5.75 Å². The first-order chi connectivity index (χ1) is 11.3. The van der Waals surface area contributed by atoms with Crippen LogP contribution in [-0.2, 0) is 7.05 Å². The van der Waals surface area contributed by atoms with Crippen molar-refractivity contribution in [2.45, 2.75) is 6.92 Å². The van der Waals surface area contributed by atoms with Crippen molar-refractivity contribution in [2.24, 2.45) is 7.05 Å². The highest BCUT2D eigenvalue weighted by molar-refractivity contribution is 6.31. The zero-order valence-corrected chi connectivity index (χ0v) is 14.9. The van der Waals surface area contributed by atoms with E-state index in [0.717, 1.165) is 0 Å². The molecular formula is C16H19ClN4O3. The van der Waals surface area contributed by atoms with Gasteiger partial charge in [-0.1, -0.05) is 11.6 Å². The van der Waals surface area contributed by atoms with Crippen LogP contribution in [0.3, 0.4) is 0 Å². The molecule has 0 aliphatic heterocycles. The molecule has 128 valence electrons. The lowest BCUT2D eigenvalue weighted by Crippen LogP contribution is -2.24. The summed E-state index contributed by atoms with van der Waals surface area (Å²) in [5, 5.41) is 7.35. The fraction of sp³-hybridized carbons (Fsp3) is 0.312. The lowest BCUT2D eigenvalue weighted by Gasteiger charge is -2.12. The number of hydrogen-bond donors (Lipinski definition) is 1. The zero-order chi connectivity index (χ0) is 18.0. The summed E-state index contributed by atoms with van der Waals surface area (Å²) >= 11 is 5.97. The number of halogens is 1. The molecule has 2 aromatic rings. The van der Waals surface area contributed by atoms with Crippen LogP contribution in [0.25, 0.3) is 0 Å². The van der Waals surface area contributed by atoms with Crippen LogP contribution >= 0.6 is 11.6 Å². The molecule has 0 saturated carbocycles. The van der Waals surface area contributed by atoms with E-state index in [0.29, 0.717) is 22.2 Å². The zero-order valence-electron chi connectivity index (χ0n) is 14.2. The molecule has 1 heterocycles. The second-order valence-electron chi connectivity index (χ2n) is 5.43. The first-order valence-corrected chi connectivity index (χ1v) is 7.54. The summed E-state index contributed by atoms with van der Waals surface area (Å²) in [5.74, 6) is -0.343. The van der Waals surface area contributed by atoms with E-state index in [4.69, 9.17) is 16.3 Å². The van der Waals surface area contributed by atoms with E-state index in [2.05, 4.69) is 10.4 Å². The summed E-state index contributed by atoms with van der Waals surface area (Å²) in [6, 6.07) is 4.75. The van der Waals surface area contributed by atoms with Crippen molar-refractivity contribution in [3.05, 3.63) is 40.2 Å². The van der Waals surface area contributed by atoms with Crippen molar-refractivity contribution < 1.29 is 14.3 Å². The maximum Gasteiger partial charge on any atom is 0.276 e. The van der Waals surface area contributed by atoms with Gasteiger partial charge in [-0.15, -0.1) is 0 Å². The molecule has 2 amide bonds. The average molecular weight is 351 g/mol. The number of carbonyl (C=O) groups excluding carboxylic acids is 2. The number of rotatable bonds is 4. The number of aromatic nitrogens is 2. The Morgan fingerprint density at radius 2 is 2.00 bits per heavy atom. The molecule has 0 aliphatic carbocycles. The van der Waals surface area contributed by atoms with E-state index in [1.165, 1.54) is 18.1 Å². The summed E-state index contributed by atoms with van der Waals surface area (Å²) in [7, 11) is 6.42. The van der Waals surface area contributed by atoms with Gasteiger partial charge in [-0.05, 0) is 25.1 Å². The molecule has 0 atom stereocenters. The van der Waals surface area contributed by atoms with E-state index in [-0.39, 0.29) is 17.2 Å². The molecule has 0 unspecified atom stereocenters. The largest absolute Gasteiger partial charge is 0.496 e. The van der Waals surface area contributed by atoms with Gasteiger partial charge in [-0.25, -0.2) is 0 Å². The Bertz CT molecular complexity index is 799. The number of nitrogens with zero attached hydrogens (tertiary/aromatic N) is 3. The van der Waals surface area contributed by atoms with Crippen molar-refractivity contribution in [1.29, 1.82) is 0 Å². The van der Waals surface area contributed by atoms with Gasteiger partial charge in [0.15, 0.2) is 5.69 Å². The Balaban J connectivity index is 2.43. The third-order valence-electron chi connectivity index (χ3n) is 3.59. The van der Waals surface area contributed by atoms with Gasteiger partial charge in [0.05, 0.1) is 24.1 Å². The molecule has 0 saturated heterocycles. The number of ether oxygens (including phenoxy) is 1. The number of carbonyl (C=O) groups is 2. The SMILES string of the molecule is COc1ccc(Cl)cc1C(=O)Nc1c(C(=O)N(C)C)nn(C)c1C. The van der Waals surface area contributed by atoms with Crippen molar-refractivity contribution in [2.75, 3.05) is 26.5 Å². The fourth-order valence-electron chi connectivity index (χ4n) is 2.16. The van der Waals surface area contributed by atoms with Gasteiger partial charge >= 0.3 is 0 Å². The maximum atomic E-state index is 12.6. The second kappa shape index (κ2) is 6.92. The van der Waals surface area contributed by atoms with Gasteiger partial charge in [-0.3, -0.25) is 14.3 Å². The molecule has 0 radical (unpaired) electrons. The summed E-state index contributed by atoms with van der Waals surface area (Å²) in [6.07, 6.45) is 0. The normalized spacial score (nSPS) is 10.4. The molecule has 1 N–H and O–H groups in total.